The lowest BCUT2D eigenvalue weighted by Crippen LogP contribution is -2.26. The number of aromatic nitrogens is 2. The number of nitrogens with zero attached hydrogens (tertiary/aromatic N) is 1. The van der Waals surface area contributed by atoms with E-state index in [1.807, 2.05) is 6.92 Å². The third-order valence-electron chi connectivity index (χ3n) is 4.06. The van der Waals surface area contributed by atoms with Gasteiger partial charge >= 0.3 is 0 Å². The molecule has 3 N–H and O–H groups in total. The van der Waals surface area contributed by atoms with Crippen LogP contribution in [0, 0.1) is 5.82 Å². The average molecular weight is 339 g/mol. The van der Waals surface area contributed by atoms with Crippen molar-refractivity contribution >= 4 is 5.91 Å². The highest BCUT2D eigenvalue weighted by Crippen LogP contribution is 2.24. The van der Waals surface area contributed by atoms with Crippen molar-refractivity contribution in [1.29, 1.82) is 0 Å². The molecule has 0 bridgehead atoms. The Hall–Kier alpha value is -2.99. The van der Waals surface area contributed by atoms with Crippen LogP contribution >= 0.6 is 0 Å². The Labute approximate surface area is 144 Å². The van der Waals surface area contributed by atoms with Crippen LogP contribution in [-0.2, 0) is 6.61 Å². The normalized spacial score (nSPS) is 12.0. The van der Waals surface area contributed by atoms with Crippen LogP contribution in [0.15, 0.2) is 54.9 Å². The third kappa shape index (κ3) is 3.75. The molecule has 25 heavy (non-hydrogen) atoms. The molecule has 1 aromatic heterocycles. The number of carbonyl (C=O) groups excluding carboxylic acids is 1. The summed E-state index contributed by atoms with van der Waals surface area (Å²) < 4.78 is 13.0. The van der Waals surface area contributed by atoms with Gasteiger partial charge in [-0.2, -0.15) is 5.10 Å². The number of rotatable bonds is 5. The second-order valence-corrected chi connectivity index (χ2v) is 5.76. The lowest BCUT2D eigenvalue weighted by molar-refractivity contribution is 0.0939. The van der Waals surface area contributed by atoms with Gasteiger partial charge in [-0.3, -0.25) is 9.89 Å². The fourth-order valence-corrected chi connectivity index (χ4v) is 2.66. The molecule has 1 heterocycles. The van der Waals surface area contributed by atoms with Crippen LogP contribution in [-0.4, -0.2) is 21.2 Å². The Morgan fingerprint density at radius 3 is 2.68 bits per heavy atom. The summed E-state index contributed by atoms with van der Waals surface area (Å²) in [5.74, 6) is -0.574. The van der Waals surface area contributed by atoms with Crippen molar-refractivity contribution in [3.05, 3.63) is 77.4 Å². The number of hydrogen-bond donors (Lipinski definition) is 3. The molecule has 3 aromatic rings. The van der Waals surface area contributed by atoms with Crippen LogP contribution in [0.5, 0.6) is 0 Å². The molecule has 1 unspecified atom stereocenters. The largest absolute Gasteiger partial charge is 0.392 e. The van der Waals surface area contributed by atoms with E-state index in [4.69, 9.17) is 0 Å². The highest BCUT2D eigenvalue weighted by molar-refractivity contribution is 5.95. The first-order valence-electron chi connectivity index (χ1n) is 7.87. The minimum absolute atomic E-state index is 0.185. The number of aliphatic hydroxyl groups excluding tert-OH is 1. The second-order valence-electron chi connectivity index (χ2n) is 5.76. The topological polar surface area (TPSA) is 78.0 Å². The maximum Gasteiger partial charge on any atom is 0.251 e. The van der Waals surface area contributed by atoms with Crippen molar-refractivity contribution in [2.24, 2.45) is 0 Å². The zero-order valence-corrected chi connectivity index (χ0v) is 13.7. The predicted molar refractivity (Wildman–Crippen MR) is 92.2 cm³/mol. The summed E-state index contributed by atoms with van der Waals surface area (Å²) in [5.41, 5.74) is 3.57. The summed E-state index contributed by atoms with van der Waals surface area (Å²) in [6.45, 7) is 1.65. The van der Waals surface area contributed by atoms with Gasteiger partial charge in [0.05, 0.1) is 18.8 Å². The van der Waals surface area contributed by atoms with Crippen LogP contribution in [0.1, 0.15) is 34.5 Å². The molecular weight excluding hydrogens is 321 g/mol. The smallest absolute Gasteiger partial charge is 0.251 e. The highest BCUT2D eigenvalue weighted by atomic mass is 19.1. The van der Waals surface area contributed by atoms with Gasteiger partial charge in [-0.1, -0.05) is 18.2 Å². The van der Waals surface area contributed by atoms with Gasteiger partial charge in [-0.05, 0) is 47.9 Å². The standard InChI is InChI=1S/C19H18FN3O2/c1-12(13-2-5-17(20)6-3-13)23-19(25)14-4-7-18(15(8-14)11-24)16-9-21-22-10-16/h2-10,12,24H,11H2,1H3,(H,21,22)(H,23,25). The third-order valence-corrected chi connectivity index (χ3v) is 4.06. The van der Waals surface area contributed by atoms with E-state index in [1.54, 1.807) is 42.7 Å². The SMILES string of the molecule is CC(NC(=O)c1ccc(-c2cn[nH]c2)c(CO)c1)c1ccc(F)cc1. The highest BCUT2D eigenvalue weighted by Gasteiger charge is 2.14. The Balaban J connectivity index is 1.79. The first-order valence-corrected chi connectivity index (χ1v) is 7.87. The minimum atomic E-state index is -0.315. The number of aromatic amines is 1. The Kier molecular flexibility index (Phi) is 4.90. The van der Waals surface area contributed by atoms with Crippen molar-refractivity contribution in [3.63, 3.8) is 0 Å². The zero-order chi connectivity index (χ0) is 17.8. The number of aliphatic hydroxyl groups is 1. The molecule has 5 nitrogen and oxygen atoms in total. The molecule has 0 aliphatic rings. The summed E-state index contributed by atoms with van der Waals surface area (Å²) >= 11 is 0. The number of H-pyrrole nitrogens is 1. The monoisotopic (exact) mass is 339 g/mol. The van der Waals surface area contributed by atoms with Gasteiger partial charge in [0.2, 0.25) is 0 Å². The van der Waals surface area contributed by atoms with Gasteiger partial charge in [-0.25, -0.2) is 4.39 Å². The molecular formula is C19H18FN3O2. The second kappa shape index (κ2) is 7.27. The Morgan fingerprint density at radius 1 is 1.28 bits per heavy atom. The van der Waals surface area contributed by atoms with E-state index < -0.39 is 0 Å². The molecule has 0 saturated carbocycles. The predicted octanol–water partition coefficient (Wildman–Crippen LogP) is 3.20. The molecule has 0 saturated heterocycles. The number of nitrogens with one attached hydrogen (secondary N) is 2. The van der Waals surface area contributed by atoms with Gasteiger partial charge in [0, 0.05) is 17.3 Å². The summed E-state index contributed by atoms with van der Waals surface area (Å²) in [4.78, 5) is 12.5. The van der Waals surface area contributed by atoms with Gasteiger partial charge in [0.1, 0.15) is 5.82 Å². The fourth-order valence-electron chi connectivity index (χ4n) is 2.66. The van der Waals surface area contributed by atoms with Crippen LogP contribution < -0.4 is 5.32 Å². The summed E-state index contributed by atoms with van der Waals surface area (Å²) in [5, 5.41) is 19.1. The van der Waals surface area contributed by atoms with Crippen LogP contribution in [0.25, 0.3) is 11.1 Å². The average Bonchev–Trinajstić information content (AvgIpc) is 3.16. The number of benzene rings is 2. The molecule has 0 fully saturated rings. The fraction of sp³-hybridized carbons (Fsp3) is 0.158. The van der Waals surface area contributed by atoms with Crippen LogP contribution in [0.4, 0.5) is 4.39 Å². The molecule has 1 amide bonds. The lowest BCUT2D eigenvalue weighted by atomic mass is 9.99. The lowest BCUT2D eigenvalue weighted by Gasteiger charge is -2.15. The number of halogens is 1. The molecule has 128 valence electrons. The number of amides is 1. The summed E-state index contributed by atoms with van der Waals surface area (Å²) in [6.07, 6.45) is 3.38. The van der Waals surface area contributed by atoms with Gasteiger partial charge in [-0.15, -0.1) is 0 Å². The molecule has 3 rings (SSSR count). The van der Waals surface area contributed by atoms with Gasteiger partial charge < -0.3 is 10.4 Å². The van der Waals surface area contributed by atoms with Crippen molar-refractivity contribution in [1.82, 2.24) is 15.5 Å². The van der Waals surface area contributed by atoms with Crippen LogP contribution in [0.2, 0.25) is 0 Å². The van der Waals surface area contributed by atoms with Gasteiger partial charge in [0.25, 0.3) is 5.91 Å². The minimum Gasteiger partial charge on any atom is -0.392 e. The number of hydrogen-bond acceptors (Lipinski definition) is 3. The van der Waals surface area contributed by atoms with E-state index >= 15 is 0 Å². The summed E-state index contributed by atoms with van der Waals surface area (Å²) in [7, 11) is 0. The Morgan fingerprint density at radius 2 is 2.04 bits per heavy atom. The Bertz CT molecular complexity index is 861. The van der Waals surface area contributed by atoms with Gasteiger partial charge in [0.15, 0.2) is 0 Å². The van der Waals surface area contributed by atoms with Crippen molar-refractivity contribution in [2.75, 3.05) is 0 Å². The van der Waals surface area contributed by atoms with Crippen molar-refractivity contribution < 1.29 is 14.3 Å². The van der Waals surface area contributed by atoms with Crippen LogP contribution in [0.3, 0.4) is 0 Å². The maximum absolute atomic E-state index is 13.0. The van der Waals surface area contributed by atoms with E-state index in [9.17, 15) is 14.3 Å². The molecule has 0 spiro atoms. The molecule has 1 atom stereocenters. The van der Waals surface area contributed by atoms with E-state index in [-0.39, 0.29) is 24.4 Å². The van der Waals surface area contributed by atoms with E-state index in [0.29, 0.717) is 11.1 Å². The van der Waals surface area contributed by atoms with E-state index in [1.165, 1.54) is 12.1 Å². The maximum atomic E-state index is 13.0. The molecule has 2 aromatic carbocycles. The van der Waals surface area contributed by atoms with Crippen molar-refractivity contribution in [2.45, 2.75) is 19.6 Å². The van der Waals surface area contributed by atoms with E-state index in [0.717, 1.165) is 16.7 Å². The van der Waals surface area contributed by atoms with E-state index in [2.05, 4.69) is 15.5 Å². The molecule has 0 radical (unpaired) electrons. The van der Waals surface area contributed by atoms with Crippen molar-refractivity contribution in [3.8, 4) is 11.1 Å². The molecule has 0 aliphatic carbocycles. The zero-order valence-electron chi connectivity index (χ0n) is 13.7. The molecule has 6 heteroatoms. The first kappa shape index (κ1) is 16.9. The molecule has 0 aliphatic heterocycles. The number of carbonyl (C=O) groups is 1. The first-order chi connectivity index (χ1) is 12.1. The summed E-state index contributed by atoms with van der Waals surface area (Å²) in [6, 6.07) is 10.9. The quantitative estimate of drug-likeness (QED) is 0.668.